The second-order valence-electron chi connectivity index (χ2n) is 4.54. The summed E-state index contributed by atoms with van der Waals surface area (Å²) < 4.78 is 6.21. The van der Waals surface area contributed by atoms with Gasteiger partial charge in [0.15, 0.2) is 0 Å². The molecule has 112 valence electrons. The second kappa shape index (κ2) is 6.76. The van der Waals surface area contributed by atoms with Crippen molar-refractivity contribution in [2.45, 2.75) is 20.3 Å². The van der Waals surface area contributed by atoms with E-state index in [-0.39, 0.29) is 0 Å². The van der Waals surface area contributed by atoms with Crippen LogP contribution in [0.2, 0.25) is 0 Å². The Morgan fingerprint density at radius 2 is 1.95 bits per heavy atom. The molecule has 0 aliphatic heterocycles. The summed E-state index contributed by atoms with van der Waals surface area (Å²) in [6.45, 7) is 4.02. The van der Waals surface area contributed by atoms with Crippen molar-refractivity contribution in [3.05, 3.63) is 34.1 Å². The minimum atomic E-state index is 0.781. The Balaban J connectivity index is 2.43. The SMILES string of the molecule is CCc1nc(NC)c(C)c(Nc2cc(OC)ccc2Br)n1. The lowest BCUT2D eigenvalue weighted by Gasteiger charge is -2.15. The Kier molecular flexibility index (Phi) is 5.01. The molecule has 21 heavy (non-hydrogen) atoms. The number of aromatic nitrogens is 2. The normalized spacial score (nSPS) is 10.3. The molecule has 2 rings (SSSR count). The Hall–Kier alpha value is -1.82. The molecule has 0 amide bonds. The van der Waals surface area contributed by atoms with Gasteiger partial charge in [0.25, 0.3) is 0 Å². The lowest BCUT2D eigenvalue weighted by molar-refractivity contribution is 0.415. The summed E-state index contributed by atoms with van der Waals surface area (Å²) in [5, 5.41) is 6.45. The van der Waals surface area contributed by atoms with Crippen LogP contribution in [0.5, 0.6) is 5.75 Å². The van der Waals surface area contributed by atoms with Crippen LogP contribution in [0.15, 0.2) is 22.7 Å². The molecule has 0 saturated carbocycles. The number of ether oxygens (including phenoxy) is 1. The number of halogens is 1. The fourth-order valence-corrected chi connectivity index (χ4v) is 2.29. The number of methoxy groups -OCH3 is 1. The molecule has 0 aliphatic rings. The van der Waals surface area contributed by atoms with E-state index in [1.165, 1.54) is 0 Å². The highest BCUT2D eigenvalue weighted by Crippen LogP contribution is 2.31. The number of benzene rings is 1. The number of nitrogens with one attached hydrogen (secondary N) is 2. The van der Waals surface area contributed by atoms with Gasteiger partial charge < -0.3 is 15.4 Å². The zero-order valence-corrected chi connectivity index (χ0v) is 14.2. The lowest BCUT2D eigenvalue weighted by Crippen LogP contribution is -2.07. The molecule has 1 aromatic carbocycles. The van der Waals surface area contributed by atoms with Gasteiger partial charge in [0.2, 0.25) is 0 Å². The van der Waals surface area contributed by atoms with Crippen LogP contribution in [0.1, 0.15) is 18.3 Å². The van der Waals surface area contributed by atoms with Crippen LogP contribution < -0.4 is 15.4 Å². The van der Waals surface area contributed by atoms with E-state index in [0.29, 0.717) is 0 Å². The molecule has 0 radical (unpaired) electrons. The maximum atomic E-state index is 5.26. The third-order valence-corrected chi connectivity index (χ3v) is 3.86. The van der Waals surface area contributed by atoms with Crippen molar-refractivity contribution in [3.63, 3.8) is 0 Å². The van der Waals surface area contributed by atoms with Crippen molar-refractivity contribution in [2.75, 3.05) is 24.8 Å². The van der Waals surface area contributed by atoms with Gasteiger partial charge in [-0.15, -0.1) is 0 Å². The standard InChI is InChI=1S/C15H19BrN4O/c1-5-13-19-14(17-3)9(2)15(20-13)18-12-8-10(21-4)6-7-11(12)16/h6-8H,5H2,1-4H3,(H2,17,18,19,20). The Morgan fingerprint density at radius 1 is 1.24 bits per heavy atom. The van der Waals surface area contributed by atoms with Crippen LogP contribution >= 0.6 is 15.9 Å². The summed E-state index contributed by atoms with van der Waals surface area (Å²) in [6, 6.07) is 5.77. The van der Waals surface area contributed by atoms with Crippen molar-refractivity contribution in [2.24, 2.45) is 0 Å². The van der Waals surface area contributed by atoms with E-state index >= 15 is 0 Å². The van der Waals surface area contributed by atoms with E-state index in [9.17, 15) is 0 Å². The number of hydrogen-bond acceptors (Lipinski definition) is 5. The first-order valence-corrected chi connectivity index (χ1v) is 7.54. The van der Waals surface area contributed by atoms with E-state index in [2.05, 4.69) is 36.5 Å². The van der Waals surface area contributed by atoms with E-state index in [1.54, 1.807) is 7.11 Å². The smallest absolute Gasteiger partial charge is 0.139 e. The first-order valence-electron chi connectivity index (χ1n) is 6.74. The monoisotopic (exact) mass is 350 g/mol. The van der Waals surface area contributed by atoms with Crippen LogP contribution in [-0.4, -0.2) is 24.1 Å². The van der Waals surface area contributed by atoms with Crippen molar-refractivity contribution < 1.29 is 4.74 Å². The molecule has 0 fully saturated rings. The summed E-state index contributed by atoms with van der Waals surface area (Å²) in [5.41, 5.74) is 1.88. The molecule has 1 aromatic heterocycles. The largest absolute Gasteiger partial charge is 0.497 e. The molecular weight excluding hydrogens is 332 g/mol. The Bertz CT molecular complexity index is 646. The second-order valence-corrected chi connectivity index (χ2v) is 5.39. The van der Waals surface area contributed by atoms with Crippen LogP contribution in [0.25, 0.3) is 0 Å². The number of aryl methyl sites for hydroxylation is 1. The molecule has 5 nitrogen and oxygen atoms in total. The van der Waals surface area contributed by atoms with E-state index < -0.39 is 0 Å². The lowest BCUT2D eigenvalue weighted by atomic mass is 10.2. The van der Waals surface area contributed by atoms with E-state index in [1.807, 2.05) is 39.1 Å². The third-order valence-electron chi connectivity index (χ3n) is 3.17. The van der Waals surface area contributed by atoms with Gasteiger partial charge >= 0.3 is 0 Å². The van der Waals surface area contributed by atoms with Gasteiger partial charge in [0.1, 0.15) is 23.2 Å². The molecule has 0 aliphatic carbocycles. The molecule has 0 saturated heterocycles. The molecule has 0 atom stereocenters. The maximum absolute atomic E-state index is 5.26. The van der Waals surface area contributed by atoms with Crippen molar-refractivity contribution in [3.8, 4) is 5.75 Å². The highest BCUT2D eigenvalue weighted by Gasteiger charge is 2.11. The molecule has 2 aromatic rings. The molecule has 0 spiro atoms. The first-order chi connectivity index (χ1) is 10.1. The molecule has 0 unspecified atom stereocenters. The summed E-state index contributed by atoms with van der Waals surface area (Å²) >= 11 is 3.54. The first kappa shape index (κ1) is 15.6. The average Bonchev–Trinajstić information content (AvgIpc) is 2.51. The average molecular weight is 351 g/mol. The van der Waals surface area contributed by atoms with Crippen molar-refractivity contribution >= 4 is 33.3 Å². The number of hydrogen-bond donors (Lipinski definition) is 2. The quantitative estimate of drug-likeness (QED) is 0.856. The highest BCUT2D eigenvalue weighted by molar-refractivity contribution is 9.10. The fraction of sp³-hybridized carbons (Fsp3) is 0.333. The predicted molar refractivity (Wildman–Crippen MR) is 89.7 cm³/mol. The van der Waals surface area contributed by atoms with Gasteiger partial charge in [-0.2, -0.15) is 0 Å². The van der Waals surface area contributed by atoms with Crippen LogP contribution in [-0.2, 0) is 6.42 Å². The topological polar surface area (TPSA) is 59.1 Å². The van der Waals surface area contributed by atoms with E-state index in [0.717, 1.165) is 45.4 Å². The molecule has 1 heterocycles. The summed E-state index contributed by atoms with van der Waals surface area (Å²) in [5.74, 6) is 3.21. The van der Waals surface area contributed by atoms with Gasteiger partial charge in [-0.05, 0) is 35.0 Å². The van der Waals surface area contributed by atoms with Gasteiger partial charge in [-0.1, -0.05) is 6.92 Å². The minimum absolute atomic E-state index is 0.781. The minimum Gasteiger partial charge on any atom is -0.497 e. The number of rotatable bonds is 5. The molecular formula is C15H19BrN4O. The zero-order chi connectivity index (χ0) is 15.4. The van der Waals surface area contributed by atoms with Crippen molar-refractivity contribution in [1.29, 1.82) is 0 Å². The Labute approximate surface area is 133 Å². The zero-order valence-electron chi connectivity index (χ0n) is 12.6. The molecule has 6 heteroatoms. The summed E-state index contributed by atoms with van der Waals surface area (Å²) in [4.78, 5) is 9.04. The maximum Gasteiger partial charge on any atom is 0.139 e. The summed E-state index contributed by atoms with van der Waals surface area (Å²) in [7, 11) is 3.51. The summed E-state index contributed by atoms with van der Waals surface area (Å²) in [6.07, 6.45) is 0.781. The van der Waals surface area contributed by atoms with E-state index in [4.69, 9.17) is 4.74 Å². The third kappa shape index (κ3) is 3.44. The fourth-order valence-electron chi connectivity index (χ4n) is 1.94. The van der Waals surface area contributed by atoms with Gasteiger partial charge in [0, 0.05) is 29.6 Å². The van der Waals surface area contributed by atoms with Gasteiger partial charge in [-0.25, -0.2) is 9.97 Å². The Morgan fingerprint density at radius 3 is 2.57 bits per heavy atom. The number of nitrogens with zero attached hydrogens (tertiary/aromatic N) is 2. The molecule has 2 N–H and O–H groups in total. The van der Waals surface area contributed by atoms with Crippen LogP contribution in [0, 0.1) is 6.92 Å². The molecule has 0 bridgehead atoms. The number of anilines is 3. The van der Waals surface area contributed by atoms with Gasteiger partial charge in [0.05, 0.1) is 12.8 Å². The highest BCUT2D eigenvalue weighted by atomic mass is 79.9. The van der Waals surface area contributed by atoms with Crippen LogP contribution in [0.4, 0.5) is 17.3 Å². The van der Waals surface area contributed by atoms with Crippen LogP contribution in [0.3, 0.4) is 0 Å². The van der Waals surface area contributed by atoms with Gasteiger partial charge in [-0.3, -0.25) is 0 Å². The van der Waals surface area contributed by atoms with Crippen molar-refractivity contribution in [1.82, 2.24) is 9.97 Å². The predicted octanol–water partition coefficient (Wildman–Crippen LogP) is 3.90.